The highest BCUT2D eigenvalue weighted by Crippen LogP contribution is 2.44. The summed E-state index contributed by atoms with van der Waals surface area (Å²) in [6.07, 6.45) is 0. The quantitative estimate of drug-likeness (QED) is 0.152. The lowest BCUT2D eigenvalue weighted by molar-refractivity contribution is 1.15. The topological polar surface area (TPSA) is 83.2 Å². The molecule has 0 unspecified atom stereocenters. The van der Waals surface area contributed by atoms with Gasteiger partial charge in [0.15, 0.2) is 5.82 Å². The minimum atomic E-state index is 0.616. The molecular formula is C66H40N6. The van der Waals surface area contributed by atoms with Crippen molar-refractivity contribution in [2.24, 2.45) is 0 Å². The molecule has 72 heavy (non-hydrogen) atoms. The highest BCUT2D eigenvalue weighted by Gasteiger charge is 2.23. The minimum absolute atomic E-state index is 0.616. The molecule has 0 saturated carbocycles. The molecule has 0 aliphatic heterocycles. The van der Waals surface area contributed by atoms with E-state index >= 15 is 0 Å². The zero-order valence-corrected chi connectivity index (χ0v) is 38.8. The zero-order valence-electron chi connectivity index (χ0n) is 38.8. The van der Waals surface area contributed by atoms with Gasteiger partial charge in [0.2, 0.25) is 0 Å². The standard InChI is InChI=1S/C66H40N6/c67-41-43-23-27-45(28-24-43)49-32-35-63-56(37-49)57-38-50(46-29-25-44(42-68)26-30-46)33-36-64(57)72(63)65-39-51(66-69-58(47-13-3-1-4-14-47)40-59(70-66)48-15-5-2-6-16-48)31-34-55(65)54-19-9-12-22-62(54)71-60-20-10-7-17-52(60)53-18-8-11-21-61(53)71/h1-40H. The average molecular weight is 917 g/mol. The first-order valence-electron chi connectivity index (χ1n) is 23.9. The SMILES string of the molecule is N#Cc1ccc(-c2ccc3c(c2)c2cc(-c4ccc(C#N)cc4)ccc2n3-c2cc(-c3nc(-c4ccccc4)cc(-c4ccccc4)n3)ccc2-c2ccccc2-n2c3ccccc3c3ccccc32)cc1. The highest BCUT2D eigenvalue weighted by atomic mass is 15.0. The summed E-state index contributed by atoms with van der Waals surface area (Å²) in [6, 6.07) is 88.8. The van der Waals surface area contributed by atoms with Crippen molar-refractivity contribution in [3.63, 3.8) is 0 Å². The molecule has 0 radical (unpaired) electrons. The number of benzene rings is 10. The van der Waals surface area contributed by atoms with Crippen molar-refractivity contribution in [1.82, 2.24) is 19.1 Å². The molecular weight excluding hydrogens is 877 g/mol. The van der Waals surface area contributed by atoms with Gasteiger partial charge in [-0.05, 0) is 101 Å². The number of fused-ring (bicyclic) bond motifs is 6. The maximum Gasteiger partial charge on any atom is 0.160 e. The molecule has 0 atom stereocenters. The minimum Gasteiger partial charge on any atom is -0.309 e. The monoisotopic (exact) mass is 916 g/mol. The maximum atomic E-state index is 9.63. The Kier molecular flexibility index (Phi) is 10.2. The van der Waals surface area contributed by atoms with E-state index in [4.69, 9.17) is 9.97 Å². The third-order valence-electron chi connectivity index (χ3n) is 13.8. The summed E-state index contributed by atoms with van der Waals surface area (Å²) in [4.78, 5) is 10.7. The van der Waals surface area contributed by atoms with E-state index in [2.05, 4.69) is 179 Å². The summed E-state index contributed by atoms with van der Waals surface area (Å²) >= 11 is 0. The molecule has 0 N–H and O–H groups in total. The van der Waals surface area contributed by atoms with Gasteiger partial charge in [-0.15, -0.1) is 0 Å². The second-order valence-electron chi connectivity index (χ2n) is 18.0. The van der Waals surface area contributed by atoms with Crippen molar-refractivity contribution in [1.29, 1.82) is 10.5 Å². The fourth-order valence-electron chi connectivity index (χ4n) is 10.4. The second kappa shape index (κ2) is 17.4. The highest BCUT2D eigenvalue weighted by molar-refractivity contribution is 6.13. The first kappa shape index (κ1) is 42.0. The van der Waals surface area contributed by atoms with Crippen LogP contribution in [0.15, 0.2) is 243 Å². The summed E-state index contributed by atoms with van der Waals surface area (Å²) in [5.74, 6) is 0.616. The van der Waals surface area contributed by atoms with Crippen molar-refractivity contribution in [3.8, 4) is 90.8 Å². The van der Waals surface area contributed by atoms with E-state index in [0.29, 0.717) is 17.0 Å². The zero-order chi connectivity index (χ0) is 48.1. The number of aromatic nitrogens is 4. The van der Waals surface area contributed by atoms with Gasteiger partial charge in [-0.1, -0.05) is 164 Å². The van der Waals surface area contributed by atoms with Gasteiger partial charge in [0.1, 0.15) is 0 Å². The Morgan fingerprint density at radius 3 is 1.24 bits per heavy atom. The summed E-state index contributed by atoms with van der Waals surface area (Å²) in [6.45, 7) is 0. The molecule has 0 spiro atoms. The van der Waals surface area contributed by atoms with E-state index in [1.165, 1.54) is 10.8 Å². The lowest BCUT2D eigenvalue weighted by atomic mass is 9.98. The molecule has 0 aliphatic carbocycles. The first-order chi connectivity index (χ1) is 35.6. The van der Waals surface area contributed by atoms with Gasteiger partial charge in [-0.2, -0.15) is 10.5 Å². The van der Waals surface area contributed by atoms with E-state index in [1.807, 2.05) is 84.9 Å². The second-order valence-corrected chi connectivity index (χ2v) is 18.0. The molecule has 3 heterocycles. The van der Waals surface area contributed by atoms with E-state index in [0.717, 1.165) is 106 Å². The largest absolute Gasteiger partial charge is 0.309 e. The van der Waals surface area contributed by atoms with Crippen LogP contribution in [0.2, 0.25) is 0 Å². The Morgan fingerprint density at radius 2 is 0.708 bits per heavy atom. The van der Waals surface area contributed by atoms with Gasteiger partial charge in [-0.25, -0.2) is 9.97 Å². The van der Waals surface area contributed by atoms with Gasteiger partial charge in [0.05, 0.1) is 68.1 Å². The van der Waals surface area contributed by atoms with Crippen LogP contribution in [0.4, 0.5) is 0 Å². The van der Waals surface area contributed by atoms with Crippen molar-refractivity contribution in [2.75, 3.05) is 0 Å². The third kappa shape index (κ3) is 7.19. The molecule has 0 bridgehead atoms. The molecule has 13 rings (SSSR count). The van der Waals surface area contributed by atoms with Crippen LogP contribution in [0.5, 0.6) is 0 Å². The molecule has 6 nitrogen and oxygen atoms in total. The van der Waals surface area contributed by atoms with Crippen molar-refractivity contribution < 1.29 is 0 Å². The summed E-state index contributed by atoms with van der Waals surface area (Å²) in [7, 11) is 0. The molecule has 0 amide bonds. The van der Waals surface area contributed by atoms with Gasteiger partial charge in [0.25, 0.3) is 0 Å². The molecule has 3 aromatic heterocycles. The summed E-state index contributed by atoms with van der Waals surface area (Å²) in [5.41, 5.74) is 18.4. The van der Waals surface area contributed by atoms with Crippen LogP contribution in [-0.4, -0.2) is 19.1 Å². The number of hydrogen-bond acceptors (Lipinski definition) is 4. The molecule has 6 heteroatoms. The van der Waals surface area contributed by atoms with Gasteiger partial charge in [0, 0.05) is 49.4 Å². The number of hydrogen-bond donors (Lipinski definition) is 0. The Morgan fingerprint density at radius 1 is 0.292 bits per heavy atom. The van der Waals surface area contributed by atoms with Crippen LogP contribution in [0.25, 0.3) is 122 Å². The smallest absolute Gasteiger partial charge is 0.160 e. The van der Waals surface area contributed by atoms with E-state index in [9.17, 15) is 10.5 Å². The Hall–Kier alpha value is -10.1. The van der Waals surface area contributed by atoms with Gasteiger partial charge >= 0.3 is 0 Å². The van der Waals surface area contributed by atoms with E-state index in [-0.39, 0.29) is 0 Å². The van der Waals surface area contributed by atoms with Crippen LogP contribution >= 0.6 is 0 Å². The number of nitrogens with zero attached hydrogens (tertiary/aromatic N) is 6. The van der Waals surface area contributed by atoms with Crippen molar-refractivity contribution in [2.45, 2.75) is 0 Å². The summed E-state index contributed by atoms with van der Waals surface area (Å²) < 4.78 is 4.80. The normalized spacial score (nSPS) is 11.3. The van der Waals surface area contributed by atoms with Crippen LogP contribution < -0.4 is 0 Å². The molecule has 10 aromatic carbocycles. The maximum absolute atomic E-state index is 9.63. The molecule has 0 fully saturated rings. The van der Waals surface area contributed by atoms with E-state index < -0.39 is 0 Å². The van der Waals surface area contributed by atoms with Crippen LogP contribution in [0.3, 0.4) is 0 Å². The predicted molar refractivity (Wildman–Crippen MR) is 293 cm³/mol. The lowest BCUT2D eigenvalue weighted by Gasteiger charge is -2.20. The fraction of sp³-hybridized carbons (Fsp3) is 0. The molecule has 0 aliphatic rings. The lowest BCUT2D eigenvalue weighted by Crippen LogP contribution is -2.03. The number of para-hydroxylation sites is 3. The first-order valence-corrected chi connectivity index (χ1v) is 23.9. The van der Waals surface area contributed by atoms with Crippen molar-refractivity contribution in [3.05, 3.63) is 254 Å². The van der Waals surface area contributed by atoms with Crippen LogP contribution in [-0.2, 0) is 0 Å². The third-order valence-corrected chi connectivity index (χ3v) is 13.8. The fourth-order valence-corrected chi connectivity index (χ4v) is 10.4. The Labute approximate surface area is 415 Å². The Balaban J connectivity index is 1.11. The van der Waals surface area contributed by atoms with Crippen molar-refractivity contribution >= 4 is 43.6 Å². The van der Waals surface area contributed by atoms with E-state index in [1.54, 1.807) is 0 Å². The average Bonchev–Trinajstić information content (AvgIpc) is 3.97. The molecule has 0 saturated heterocycles. The Bertz CT molecular complexity index is 4100. The van der Waals surface area contributed by atoms with Gasteiger partial charge < -0.3 is 9.13 Å². The van der Waals surface area contributed by atoms with Gasteiger partial charge in [-0.3, -0.25) is 0 Å². The van der Waals surface area contributed by atoms with Crippen LogP contribution in [0, 0.1) is 22.7 Å². The predicted octanol–water partition coefficient (Wildman–Crippen LogP) is 16.4. The molecule has 13 aromatic rings. The number of nitriles is 2. The van der Waals surface area contributed by atoms with Crippen LogP contribution in [0.1, 0.15) is 11.1 Å². The molecule has 334 valence electrons. The summed E-state index contributed by atoms with van der Waals surface area (Å²) in [5, 5.41) is 23.8. The number of rotatable bonds is 8.